The molecule has 0 spiro atoms. The van der Waals surface area contributed by atoms with Crippen LogP contribution < -0.4 is 5.32 Å². The zero-order valence-corrected chi connectivity index (χ0v) is 12.6. The van der Waals surface area contributed by atoms with Gasteiger partial charge in [-0.2, -0.15) is 0 Å². The molecule has 18 heavy (non-hydrogen) atoms. The van der Waals surface area contributed by atoms with Crippen molar-refractivity contribution in [3.05, 3.63) is 40.9 Å². The van der Waals surface area contributed by atoms with Crippen molar-refractivity contribution in [2.24, 2.45) is 0 Å². The third-order valence-electron chi connectivity index (χ3n) is 2.52. The molecule has 2 nitrogen and oxygen atoms in total. The molecule has 4 heteroatoms. The summed E-state index contributed by atoms with van der Waals surface area (Å²) in [6.45, 7) is 7.39. The Bertz CT molecular complexity index is 493. The standard InChI is InChI=1S/C14H18N2S2/c1-10(2)16-9-12-8-11(3)4-5-13(12)18-14-15-6-7-17-14/h4-8,10,16H,9H2,1-3H3. The Morgan fingerprint density at radius 3 is 2.89 bits per heavy atom. The van der Waals surface area contributed by atoms with Gasteiger partial charge in [-0.1, -0.05) is 43.3 Å². The third kappa shape index (κ3) is 3.83. The predicted molar refractivity (Wildman–Crippen MR) is 79.4 cm³/mol. The molecule has 96 valence electrons. The van der Waals surface area contributed by atoms with E-state index in [1.165, 1.54) is 16.0 Å². The molecule has 0 atom stereocenters. The summed E-state index contributed by atoms with van der Waals surface area (Å²) in [5, 5.41) is 5.50. The number of rotatable bonds is 5. The molecule has 1 heterocycles. The molecule has 0 aliphatic rings. The Kier molecular flexibility index (Phi) is 4.80. The molecule has 0 aliphatic carbocycles. The van der Waals surface area contributed by atoms with Gasteiger partial charge in [-0.05, 0) is 18.6 Å². The maximum absolute atomic E-state index is 4.33. The summed E-state index contributed by atoms with van der Waals surface area (Å²) in [6.07, 6.45) is 1.85. The minimum absolute atomic E-state index is 0.503. The van der Waals surface area contributed by atoms with Crippen molar-refractivity contribution in [3.63, 3.8) is 0 Å². The van der Waals surface area contributed by atoms with E-state index < -0.39 is 0 Å². The molecule has 1 N–H and O–H groups in total. The van der Waals surface area contributed by atoms with E-state index in [2.05, 4.69) is 49.3 Å². The van der Waals surface area contributed by atoms with E-state index in [0.29, 0.717) is 6.04 Å². The lowest BCUT2D eigenvalue weighted by Crippen LogP contribution is -2.22. The fourth-order valence-electron chi connectivity index (χ4n) is 1.61. The first-order valence-electron chi connectivity index (χ1n) is 6.05. The SMILES string of the molecule is Cc1ccc(Sc2nccs2)c(CNC(C)C)c1. The predicted octanol–water partition coefficient (Wildman–Crippen LogP) is 4.10. The molecule has 0 fully saturated rings. The van der Waals surface area contributed by atoms with Crippen LogP contribution in [0.4, 0.5) is 0 Å². The number of nitrogens with one attached hydrogen (secondary N) is 1. The van der Waals surface area contributed by atoms with Crippen molar-refractivity contribution in [1.82, 2.24) is 10.3 Å². The molecule has 0 aliphatic heterocycles. The normalized spacial score (nSPS) is 11.1. The van der Waals surface area contributed by atoms with Crippen LogP contribution in [-0.4, -0.2) is 11.0 Å². The smallest absolute Gasteiger partial charge is 0.154 e. The molecule has 2 rings (SSSR count). The topological polar surface area (TPSA) is 24.9 Å². The highest BCUT2D eigenvalue weighted by molar-refractivity contribution is 8.01. The maximum atomic E-state index is 4.33. The average molecular weight is 278 g/mol. The lowest BCUT2D eigenvalue weighted by atomic mass is 10.1. The number of nitrogens with zero attached hydrogens (tertiary/aromatic N) is 1. The number of hydrogen-bond acceptors (Lipinski definition) is 4. The van der Waals surface area contributed by atoms with Gasteiger partial charge in [0.25, 0.3) is 0 Å². The molecule has 0 saturated heterocycles. The number of hydrogen-bond donors (Lipinski definition) is 1. The van der Waals surface area contributed by atoms with Crippen molar-refractivity contribution >= 4 is 23.1 Å². The van der Waals surface area contributed by atoms with Crippen LogP contribution in [0, 0.1) is 6.92 Å². The summed E-state index contributed by atoms with van der Waals surface area (Å²) in [7, 11) is 0. The van der Waals surface area contributed by atoms with Gasteiger partial charge in [0, 0.05) is 29.1 Å². The van der Waals surface area contributed by atoms with Gasteiger partial charge in [0.2, 0.25) is 0 Å². The summed E-state index contributed by atoms with van der Waals surface area (Å²) in [4.78, 5) is 5.63. The van der Waals surface area contributed by atoms with Gasteiger partial charge in [0.1, 0.15) is 0 Å². The van der Waals surface area contributed by atoms with Gasteiger partial charge in [-0.3, -0.25) is 0 Å². The van der Waals surface area contributed by atoms with E-state index in [4.69, 9.17) is 0 Å². The second kappa shape index (κ2) is 6.36. The Labute approximate surface area is 117 Å². The second-order valence-electron chi connectivity index (χ2n) is 4.55. The fraction of sp³-hybridized carbons (Fsp3) is 0.357. The summed E-state index contributed by atoms with van der Waals surface area (Å²) in [6, 6.07) is 7.11. The highest BCUT2D eigenvalue weighted by Gasteiger charge is 2.07. The Morgan fingerprint density at radius 1 is 1.39 bits per heavy atom. The summed E-state index contributed by atoms with van der Waals surface area (Å²) >= 11 is 3.44. The van der Waals surface area contributed by atoms with E-state index in [0.717, 1.165) is 10.9 Å². The molecular formula is C14H18N2S2. The van der Waals surface area contributed by atoms with Crippen molar-refractivity contribution in [3.8, 4) is 0 Å². The minimum atomic E-state index is 0.503. The molecule has 0 unspecified atom stereocenters. The molecule has 0 radical (unpaired) electrons. The van der Waals surface area contributed by atoms with E-state index >= 15 is 0 Å². The van der Waals surface area contributed by atoms with Crippen LogP contribution in [0.1, 0.15) is 25.0 Å². The number of aryl methyl sites for hydroxylation is 1. The second-order valence-corrected chi connectivity index (χ2v) is 6.73. The monoisotopic (exact) mass is 278 g/mol. The zero-order chi connectivity index (χ0) is 13.0. The molecule has 1 aromatic heterocycles. The molecular weight excluding hydrogens is 260 g/mol. The van der Waals surface area contributed by atoms with Gasteiger partial charge in [-0.25, -0.2) is 4.98 Å². The first-order chi connectivity index (χ1) is 8.65. The van der Waals surface area contributed by atoms with E-state index in [-0.39, 0.29) is 0 Å². The van der Waals surface area contributed by atoms with Gasteiger partial charge in [0.15, 0.2) is 4.34 Å². The van der Waals surface area contributed by atoms with Gasteiger partial charge >= 0.3 is 0 Å². The van der Waals surface area contributed by atoms with Crippen LogP contribution in [0.5, 0.6) is 0 Å². The summed E-state index contributed by atoms with van der Waals surface area (Å²) < 4.78 is 1.10. The highest BCUT2D eigenvalue weighted by Crippen LogP contribution is 2.32. The maximum Gasteiger partial charge on any atom is 0.154 e. The zero-order valence-electron chi connectivity index (χ0n) is 10.9. The lowest BCUT2D eigenvalue weighted by Gasteiger charge is -2.12. The minimum Gasteiger partial charge on any atom is -0.310 e. The first kappa shape index (κ1) is 13.6. The molecule has 0 bridgehead atoms. The highest BCUT2D eigenvalue weighted by atomic mass is 32.2. The van der Waals surface area contributed by atoms with Crippen LogP contribution >= 0.6 is 23.1 Å². The number of aromatic nitrogens is 1. The van der Waals surface area contributed by atoms with Crippen LogP contribution in [0.3, 0.4) is 0 Å². The summed E-state index contributed by atoms with van der Waals surface area (Å²) in [5.74, 6) is 0. The van der Waals surface area contributed by atoms with E-state index in [1.807, 2.05) is 11.6 Å². The Hall–Kier alpha value is -0.840. The van der Waals surface area contributed by atoms with Crippen molar-refractivity contribution in [2.45, 2.75) is 42.6 Å². The first-order valence-corrected chi connectivity index (χ1v) is 7.75. The number of benzene rings is 1. The van der Waals surface area contributed by atoms with Crippen molar-refractivity contribution in [2.75, 3.05) is 0 Å². The van der Waals surface area contributed by atoms with Crippen LogP contribution in [0.15, 0.2) is 39.0 Å². The molecule has 2 aromatic rings. The van der Waals surface area contributed by atoms with Gasteiger partial charge < -0.3 is 5.32 Å². The van der Waals surface area contributed by atoms with Crippen molar-refractivity contribution < 1.29 is 0 Å². The van der Waals surface area contributed by atoms with Crippen LogP contribution in [0.25, 0.3) is 0 Å². The van der Waals surface area contributed by atoms with Crippen LogP contribution in [0.2, 0.25) is 0 Å². The lowest BCUT2D eigenvalue weighted by molar-refractivity contribution is 0.584. The average Bonchev–Trinajstić information content (AvgIpc) is 2.82. The molecule has 0 amide bonds. The van der Waals surface area contributed by atoms with Crippen LogP contribution in [-0.2, 0) is 6.54 Å². The van der Waals surface area contributed by atoms with E-state index in [9.17, 15) is 0 Å². The van der Waals surface area contributed by atoms with Gasteiger partial charge in [0.05, 0.1) is 0 Å². The fourth-order valence-corrected chi connectivity index (χ4v) is 3.30. The third-order valence-corrected chi connectivity index (χ3v) is 4.53. The van der Waals surface area contributed by atoms with Crippen molar-refractivity contribution in [1.29, 1.82) is 0 Å². The Balaban J connectivity index is 2.17. The van der Waals surface area contributed by atoms with E-state index in [1.54, 1.807) is 23.1 Å². The quantitative estimate of drug-likeness (QED) is 0.891. The molecule has 0 saturated carbocycles. The largest absolute Gasteiger partial charge is 0.310 e. The summed E-state index contributed by atoms with van der Waals surface area (Å²) in [5.41, 5.74) is 2.66. The Morgan fingerprint density at radius 2 is 2.22 bits per heavy atom. The molecule has 1 aromatic carbocycles. The number of thiazole rings is 1. The van der Waals surface area contributed by atoms with Gasteiger partial charge in [-0.15, -0.1) is 11.3 Å².